The van der Waals surface area contributed by atoms with Gasteiger partial charge in [-0.25, -0.2) is 19.1 Å². The molecule has 0 aliphatic heterocycles. The number of aryl methyl sites for hydroxylation is 1. The van der Waals surface area contributed by atoms with Crippen LogP contribution in [0.2, 0.25) is 0 Å². The number of fused-ring (bicyclic) bond motifs is 1. The number of aromatic nitrogens is 3. The Bertz CT molecular complexity index is 1170. The number of nitrogens with one attached hydrogen (secondary N) is 1. The van der Waals surface area contributed by atoms with Crippen LogP contribution in [-0.2, 0) is 14.9 Å². The van der Waals surface area contributed by atoms with E-state index in [2.05, 4.69) is 24.9 Å². The molecule has 2 heterocycles. The first-order valence-corrected chi connectivity index (χ1v) is 8.99. The van der Waals surface area contributed by atoms with Crippen LogP contribution < -0.4 is 5.32 Å². The highest BCUT2D eigenvalue weighted by molar-refractivity contribution is 6.21. The second-order valence-corrected chi connectivity index (χ2v) is 6.79. The molecule has 3 rings (SSSR count). The highest BCUT2D eigenvalue weighted by atomic mass is 35.5. The molecule has 1 aromatic carbocycles. The number of carbonyl (C=O) groups excluding carboxylic acids is 3. The van der Waals surface area contributed by atoms with Crippen molar-refractivity contribution < 1.29 is 32.6 Å². The van der Waals surface area contributed by atoms with E-state index in [1.165, 1.54) is 31.2 Å². The van der Waals surface area contributed by atoms with Crippen LogP contribution in [0.4, 0.5) is 14.5 Å². The lowest BCUT2D eigenvalue weighted by Gasteiger charge is -2.10. The first-order valence-electron chi connectivity index (χ1n) is 8.61. The third-order valence-electron chi connectivity index (χ3n) is 4.11. The number of ether oxygens (including phenoxy) is 2. The van der Waals surface area contributed by atoms with Gasteiger partial charge in [-0.1, -0.05) is 0 Å². The predicted octanol–water partition coefficient (Wildman–Crippen LogP) is 3.15. The topological polar surface area (TPSA) is 112 Å². The van der Waals surface area contributed by atoms with Crippen molar-refractivity contribution in [2.24, 2.45) is 0 Å². The Hall–Kier alpha value is -3.60. The van der Waals surface area contributed by atoms with Gasteiger partial charge in [-0.05, 0) is 42.8 Å². The van der Waals surface area contributed by atoms with E-state index in [1.54, 1.807) is 0 Å². The van der Waals surface area contributed by atoms with Gasteiger partial charge in [0.15, 0.2) is 11.3 Å². The number of esters is 2. The zero-order valence-corrected chi connectivity index (χ0v) is 17.2. The summed E-state index contributed by atoms with van der Waals surface area (Å²) in [5, 5.41) is 2.57. The van der Waals surface area contributed by atoms with Gasteiger partial charge in [-0.3, -0.25) is 4.79 Å². The van der Waals surface area contributed by atoms with Crippen molar-refractivity contribution in [3.8, 4) is 0 Å². The Balaban J connectivity index is 2.00. The lowest BCUT2D eigenvalue weighted by Crippen LogP contribution is -2.16. The lowest BCUT2D eigenvalue weighted by molar-refractivity contribution is 0.0598. The van der Waals surface area contributed by atoms with E-state index in [4.69, 9.17) is 11.6 Å². The fourth-order valence-electron chi connectivity index (χ4n) is 2.78. The normalized spacial score (nSPS) is 11.3. The molecule has 9 nitrogen and oxygen atoms in total. The summed E-state index contributed by atoms with van der Waals surface area (Å²) in [5.74, 6) is -2.30. The second kappa shape index (κ2) is 8.26. The van der Waals surface area contributed by atoms with Gasteiger partial charge in [-0.15, -0.1) is 0 Å². The molecule has 0 aliphatic rings. The van der Waals surface area contributed by atoms with Crippen molar-refractivity contribution in [1.82, 2.24) is 14.6 Å². The second-order valence-electron chi connectivity index (χ2n) is 6.32. The van der Waals surface area contributed by atoms with Crippen molar-refractivity contribution >= 4 is 40.8 Å². The summed E-state index contributed by atoms with van der Waals surface area (Å²) in [5.41, 5.74) is -0.645. The molecule has 3 aromatic rings. The summed E-state index contributed by atoms with van der Waals surface area (Å²) >= 11 is 5.14. The van der Waals surface area contributed by atoms with Crippen LogP contribution >= 0.6 is 11.6 Å². The van der Waals surface area contributed by atoms with Crippen molar-refractivity contribution in [3.05, 3.63) is 58.5 Å². The number of methoxy groups -OCH3 is 2. The van der Waals surface area contributed by atoms with Gasteiger partial charge < -0.3 is 14.8 Å². The number of rotatable bonds is 5. The van der Waals surface area contributed by atoms with Crippen LogP contribution in [0.3, 0.4) is 0 Å². The maximum absolute atomic E-state index is 13.7. The minimum absolute atomic E-state index is 0.0148. The Morgan fingerprint density at radius 2 is 1.61 bits per heavy atom. The molecule has 1 N–H and O–H groups in total. The number of nitrogens with zero attached hydrogens (tertiary/aromatic N) is 3. The number of carbonyl (C=O) groups is 3. The first-order chi connectivity index (χ1) is 14.5. The van der Waals surface area contributed by atoms with Crippen LogP contribution in [0.1, 0.15) is 42.6 Å². The van der Waals surface area contributed by atoms with Crippen molar-refractivity contribution in [3.63, 3.8) is 0 Å². The molecule has 0 unspecified atom stereocenters. The minimum Gasteiger partial charge on any atom is -0.465 e. The molecular weight excluding hydrogens is 438 g/mol. The van der Waals surface area contributed by atoms with Crippen LogP contribution in [-0.4, -0.2) is 46.7 Å². The smallest absolute Gasteiger partial charge is 0.364 e. The van der Waals surface area contributed by atoms with E-state index in [0.29, 0.717) is 0 Å². The fraction of sp³-hybridized carbons (Fsp3) is 0.211. The largest absolute Gasteiger partial charge is 0.465 e. The van der Waals surface area contributed by atoms with Gasteiger partial charge in [-0.2, -0.15) is 13.9 Å². The lowest BCUT2D eigenvalue weighted by atomic mass is 10.1. The van der Waals surface area contributed by atoms with Gasteiger partial charge in [0.05, 0.1) is 25.3 Å². The van der Waals surface area contributed by atoms with Crippen molar-refractivity contribution in [2.75, 3.05) is 19.5 Å². The number of benzene rings is 1. The summed E-state index contributed by atoms with van der Waals surface area (Å²) in [6.45, 7) is 1.49. The van der Waals surface area contributed by atoms with Gasteiger partial charge in [0.25, 0.3) is 5.91 Å². The molecule has 162 valence electrons. The molecule has 0 spiro atoms. The van der Waals surface area contributed by atoms with Crippen molar-refractivity contribution in [1.29, 1.82) is 0 Å². The van der Waals surface area contributed by atoms with E-state index in [1.807, 2.05) is 0 Å². The van der Waals surface area contributed by atoms with Crippen LogP contribution in [0, 0.1) is 6.92 Å². The summed E-state index contributed by atoms with van der Waals surface area (Å²) < 4.78 is 37.5. The zero-order chi connectivity index (χ0) is 22.9. The molecule has 0 saturated carbocycles. The highest BCUT2D eigenvalue weighted by Crippen LogP contribution is 2.32. The first kappa shape index (κ1) is 22.1. The minimum atomic E-state index is -3.74. The molecule has 0 atom stereocenters. The molecule has 0 fully saturated rings. The van der Waals surface area contributed by atoms with Crippen molar-refractivity contribution in [2.45, 2.75) is 12.3 Å². The SMILES string of the molecule is COC(=O)c1cc(NC(=O)c2cc3nc(C)cc(C(F)(F)Cl)n3n2)cc(C(=O)OC)c1. The number of amides is 1. The quantitative estimate of drug-likeness (QED) is 0.467. The Kier molecular flexibility index (Phi) is 5.89. The average Bonchev–Trinajstić information content (AvgIpc) is 3.14. The number of anilines is 1. The predicted molar refractivity (Wildman–Crippen MR) is 105 cm³/mol. The van der Waals surface area contributed by atoms with E-state index >= 15 is 0 Å². The molecule has 31 heavy (non-hydrogen) atoms. The Morgan fingerprint density at radius 1 is 1.03 bits per heavy atom. The number of hydrogen-bond acceptors (Lipinski definition) is 7. The standard InChI is InChI=1S/C19H15ClF2N4O5/c1-9-4-14(19(20,21)22)26-15(23-9)8-13(25-26)16(27)24-12-6-10(17(28)30-2)5-11(7-12)18(29)31-3/h4-8H,1-3H3,(H,24,27). The Morgan fingerprint density at radius 3 is 2.13 bits per heavy atom. The third kappa shape index (κ3) is 4.61. The molecule has 1 amide bonds. The highest BCUT2D eigenvalue weighted by Gasteiger charge is 2.32. The summed E-state index contributed by atoms with van der Waals surface area (Å²) in [6, 6.07) is 6.02. The molecule has 0 bridgehead atoms. The Labute approximate surface area is 178 Å². The third-order valence-corrected chi connectivity index (χ3v) is 4.31. The average molecular weight is 453 g/mol. The van der Waals surface area contributed by atoms with E-state index < -0.39 is 28.9 Å². The molecule has 2 aromatic heterocycles. The summed E-state index contributed by atoms with van der Waals surface area (Å²) in [7, 11) is 2.31. The van der Waals surface area contributed by atoms with E-state index in [9.17, 15) is 23.2 Å². The van der Waals surface area contributed by atoms with Gasteiger partial charge in [0.2, 0.25) is 0 Å². The fourth-order valence-corrected chi connectivity index (χ4v) is 2.91. The van der Waals surface area contributed by atoms with Crippen LogP contribution in [0.15, 0.2) is 30.3 Å². The molecule has 12 heteroatoms. The molecule has 0 saturated heterocycles. The molecular formula is C19H15ClF2N4O5. The van der Waals surface area contributed by atoms with Gasteiger partial charge in [0.1, 0.15) is 5.69 Å². The number of hydrogen-bond donors (Lipinski definition) is 1. The molecule has 0 radical (unpaired) electrons. The van der Waals surface area contributed by atoms with E-state index in [-0.39, 0.29) is 33.8 Å². The van der Waals surface area contributed by atoms with Crippen LogP contribution in [0.25, 0.3) is 5.65 Å². The molecule has 0 aliphatic carbocycles. The monoisotopic (exact) mass is 452 g/mol. The maximum Gasteiger partial charge on any atom is 0.364 e. The summed E-state index contributed by atoms with van der Waals surface area (Å²) in [4.78, 5) is 40.5. The van der Waals surface area contributed by atoms with Crippen LogP contribution in [0.5, 0.6) is 0 Å². The zero-order valence-electron chi connectivity index (χ0n) is 16.4. The summed E-state index contributed by atoms with van der Waals surface area (Å²) in [6.07, 6.45) is 0. The maximum atomic E-state index is 13.7. The van der Waals surface area contributed by atoms with E-state index in [0.717, 1.165) is 24.8 Å². The number of alkyl halides is 3. The van der Waals surface area contributed by atoms with Gasteiger partial charge in [0, 0.05) is 17.4 Å². The number of halogens is 3. The van der Waals surface area contributed by atoms with Gasteiger partial charge >= 0.3 is 17.3 Å².